The molecule has 2 fully saturated rings. The molecule has 0 saturated carbocycles. The minimum Gasteiger partial charge on any atom is -0.378 e. The number of nitrogens with zero attached hydrogens (tertiary/aromatic N) is 1. The van der Waals surface area contributed by atoms with Crippen LogP contribution in [0.2, 0.25) is 0 Å². The van der Waals surface area contributed by atoms with Gasteiger partial charge in [0.1, 0.15) is 0 Å². The highest BCUT2D eigenvalue weighted by molar-refractivity contribution is 5.77. The quantitative estimate of drug-likeness (QED) is 0.764. The molecule has 2 amide bonds. The van der Waals surface area contributed by atoms with Crippen LogP contribution in [-0.4, -0.2) is 61.6 Å². The number of ether oxygens (including phenoxy) is 1. The fourth-order valence-corrected chi connectivity index (χ4v) is 3.04. The predicted octanol–water partition coefficient (Wildman–Crippen LogP) is 0.272. The van der Waals surface area contributed by atoms with E-state index in [0.717, 1.165) is 45.3 Å². The Hall–Kier alpha value is -1.14. The van der Waals surface area contributed by atoms with Gasteiger partial charge in [0.05, 0.1) is 19.1 Å². The maximum Gasteiger partial charge on any atom is 0.224 e. The monoisotopic (exact) mass is 297 g/mol. The maximum absolute atomic E-state index is 12.2. The minimum atomic E-state index is -0.0245. The van der Waals surface area contributed by atoms with Crippen molar-refractivity contribution in [3.05, 3.63) is 0 Å². The summed E-state index contributed by atoms with van der Waals surface area (Å²) < 4.78 is 5.78. The smallest absolute Gasteiger partial charge is 0.224 e. The van der Waals surface area contributed by atoms with Crippen molar-refractivity contribution in [1.29, 1.82) is 0 Å². The van der Waals surface area contributed by atoms with E-state index in [1.165, 1.54) is 6.92 Å². The van der Waals surface area contributed by atoms with Crippen LogP contribution in [0.4, 0.5) is 0 Å². The third-order valence-corrected chi connectivity index (χ3v) is 4.14. The van der Waals surface area contributed by atoms with Crippen LogP contribution in [0.15, 0.2) is 0 Å². The predicted molar refractivity (Wildman–Crippen MR) is 79.9 cm³/mol. The first-order chi connectivity index (χ1) is 10.1. The molecule has 1 unspecified atom stereocenters. The van der Waals surface area contributed by atoms with E-state index in [1.807, 2.05) is 4.90 Å². The zero-order valence-electron chi connectivity index (χ0n) is 12.9. The van der Waals surface area contributed by atoms with E-state index in [-0.39, 0.29) is 17.9 Å². The fourth-order valence-electron chi connectivity index (χ4n) is 3.04. The first-order valence-corrected chi connectivity index (χ1v) is 8.02. The van der Waals surface area contributed by atoms with Crippen molar-refractivity contribution in [2.75, 3.05) is 32.8 Å². The van der Waals surface area contributed by atoms with Crippen LogP contribution >= 0.6 is 0 Å². The Bertz CT molecular complexity index is 356. The van der Waals surface area contributed by atoms with Crippen LogP contribution < -0.4 is 10.6 Å². The second-order valence-corrected chi connectivity index (χ2v) is 5.95. The molecular weight excluding hydrogens is 270 g/mol. The van der Waals surface area contributed by atoms with E-state index in [9.17, 15) is 9.59 Å². The molecule has 120 valence electrons. The molecule has 0 aromatic carbocycles. The minimum absolute atomic E-state index is 0.0245. The normalized spacial score (nSPS) is 23.9. The number of carbonyl (C=O) groups is 2. The molecule has 2 saturated heterocycles. The molecule has 0 spiro atoms. The highest BCUT2D eigenvalue weighted by Crippen LogP contribution is 2.12. The molecule has 1 atom stereocenters. The summed E-state index contributed by atoms with van der Waals surface area (Å²) in [7, 11) is 0. The van der Waals surface area contributed by atoms with E-state index >= 15 is 0 Å². The van der Waals surface area contributed by atoms with Gasteiger partial charge in [-0.1, -0.05) is 0 Å². The average molecular weight is 297 g/mol. The van der Waals surface area contributed by atoms with E-state index in [4.69, 9.17) is 4.74 Å². The fraction of sp³-hybridized carbons (Fsp3) is 0.867. The van der Waals surface area contributed by atoms with Gasteiger partial charge in [0.15, 0.2) is 0 Å². The van der Waals surface area contributed by atoms with Crippen LogP contribution in [0, 0.1) is 0 Å². The number of amides is 2. The number of hydrogen-bond acceptors (Lipinski definition) is 4. The molecule has 0 aliphatic carbocycles. The largest absolute Gasteiger partial charge is 0.378 e. The average Bonchev–Trinajstić information content (AvgIpc) is 2.48. The molecule has 2 aliphatic heterocycles. The van der Waals surface area contributed by atoms with Crippen molar-refractivity contribution in [2.24, 2.45) is 0 Å². The van der Waals surface area contributed by atoms with Gasteiger partial charge in [0.25, 0.3) is 0 Å². The molecule has 2 heterocycles. The highest BCUT2D eigenvalue weighted by atomic mass is 16.5. The van der Waals surface area contributed by atoms with Crippen molar-refractivity contribution in [3.63, 3.8) is 0 Å². The van der Waals surface area contributed by atoms with Crippen molar-refractivity contribution >= 4 is 11.8 Å². The van der Waals surface area contributed by atoms with Crippen molar-refractivity contribution in [2.45, 2.75) is 51.2 Å². The lowest BCUT2D eigenvalue weighted by molar-refractivity contribution is -0.135. The van der Waals surface area contributed by atoms with Crippen molar-refractivity contribution in [1.82, 2.24) is 15.5 Å². The molecule has 0 aromatic rings. The van der Waals surface area contributed by atoms with Gasteiger partial charge in [-0.2, -0.15) is 0 Å². The third-order valence-electron chi connectivity index (χ3n) is 4.14. The van der Waals surface area contributed by atoms with Gasteiger partial charge in [-0.05, 0) is 38.8 Å². The number of rotatable bonds is 5. The van der Waals surface area contributed by atoms with E-state index in [0.29, 0.717) is 25.7 Å². The SMILES string of the molecule is CC(=O)NC1CCCN(C(=O)CCOC2CCNCC2)C1. The van der Waals surface area contributed by atoms with Gasteiger partial charge in [0, 0.05) is 26.1 Å². The second kappa shape index (κ2) is 8.34. The van der Waals surface area contributed by atoms with Crippen LogP contribution in [0.5, 0.6) is 0 Å². The molecule has 0 aromatic heterocycles. The summed E-state index contributed by atoms with van der Waals surface area (Å²) in [5.41, 5.74) is 0. The van der Waals surface area contributed by atoms with Crippen LogP contribution in [-0.2, 0) is 14.3 Å². The van der Waals surface area contributed by atoms with Gasteiger partial charge < -0.3 is 20.3 Å². The Morgan fingerprint density at radius 2 is 2.05 bits per heavy atom. The Kier molecular flexibility index (Phi) is 6.45. The highest BCUT2D eigenvalue weighted by Gasteiger charge is 2.24. The van der Waals surface area contributed by atoms with Crippen molar-refractivity contribution in [3.8, 4) is 0 Å². The van der Waals surface area contributed by atoms with Gasteiger partial charge in [-0.25, -0.2) is 0 Å². The summed E-state index contributed by atoms with van der Waals surface area (Å²) in [5, 5.41) is 6.20. The number of piperidine rings is 2. The van der Waals surface area contributed by atoms with Gasteiger partial charge >= 0.3 is 0 Å². The molecule has 6 heteroatoms. The zero-order valence-corrected chi connectivity index (χ0v) is 12.9. The Morgan fingerprint density at radius 3 is 2.76 bits per heavy atom. The molecule has 0 bridgehead atoms. The van der Waals surface area contributed by atoms with Gasteiger partial charge in [0.2, 0.25) is 11.8 Å². The molecular formula is C15H27N3O3. The van der Waals surface area contributed by atoms with Crippen LogP contribution in [0.1, 0.15) is 39.0 Å². The molecule has 6 nitrogen and oxygen atoms in total. The van der Waals surface area contributed by atoms with Crippen molar-refractivity contribution < 1.29 is 14.3 Å². The molecule has 2 N–H and O–H groups in total. The Balaban J connectivity index is 1.66. The van der Waals surface area contributed by atoms with Crippen LogP contribution in [0.3, 0.4) is 0 Å². The zero-order chi connectivity index (χ0) is 15.1. The summed E-state index contributed by atoms with van der Waals surface area (Å²) in [6, 6.07) is 0.102. The Morgan fingerprint density at radius 1 is 1.29 bits per heavy atom. The third kappa shape index (κ3) is 5.63. The number of likely N-dealkylation sites (tertiary alicyclic amines) is 1. The van der Waals surface area contributed by atoms with Gasteiger partial charge in [-0.3, -0.25) is 9.59 Å². The standard InChI is InChI=1S/C15H27N3O3/c1-12(19)17-13-3-2-9-18(11-13)15(20)6-10-21-14-4-7-16-8-5-14/h13-14,16H,2-11H2,1H3,(H,17,19). The molecule has 2 aliphatic rings. The number of carbonyl (C=O) groups excluding carboxylic acids is 2. The topological polar surface area (TPSA) is 70.7 Å². The van der Waals surface area contributed by atoms with Gasteiger partial charge in [-0.15, -0.1) is 0 Å². The summed E-state index contributed by atoms with van der Waals surface area (Å²) in [6.07, 6.45) is 4.70. The molecule has 21 heavy (non-hydrogen) atoms. The van der Waals surface area contributed by atoms with E-state index in [2.05, 4.69) is 10.6 Å². The summed E-state index contributed by atoms with van der Waals surface area (Å²) in [6.45, 7) is 5.46. The summed E-state index contributed by atoms with van der Waals surface area (Å²) in [4.78, 5) is 25.1. The summed E-state index contributed by atoms with van der Waals surface area (Å²) >= 11 is 0. The first kappa shape index (κ1) is 16.2. The number of nitrogens with one attached hydrogen (secondary N) is 2. The maximum atomic E-state index is 12.2. The van der Waals surface area contributed by atoms with Crippen LogP contribution in [0.25, 0.3) is 0 Å². The molecule has 0 radical (unpaired) electrons. The lowest BCUT2D eigenvalue weighted by Gasteiger charge is -2.33. The summed E-state index contributed by atoms with van der Waals surface area (Å²) in [5.74, 6) is 0.113. The lowest BCUT2D eigenvalue weighted by atomic mass is 10.1. The molecule has 2 rings (SSSR count). The van der Waals surface area contributed by atoms with E-state index < -0.39 is 0 Å². The lowest BCUT2D eigenvalue weighted by Crippen LogP contribution is -2.49. The van der Waals surface area contributed by atoms with E-state index in [1.54, 1.807) is 0 Å². The second-order valence-electron chi connectivity index (χ2n) is 5.95. The first-order valence-electron chi connectivity index (χ1n) is 8.02. The number of hydrogen-bond donors (Lipinski definition) is 2. The Labute approximate surface area is 126 Å².